The second-order valence-electron chi connectivity index (χ2n) is 9.72. The molecule has 0 amide bonds. The van der Waals surface area contributed by atoms with Crippen molar-refractivity contribution in [3.63, 3.8) is 0 Å². The second kappa shape index (κ2) is 12.5. The number of ether oxygens (including phenoxy) is 1. The average molecular weight is 507 g/mol. The van der Waals surface area contributed by atoms with Crippen molar-refractivity contribution in [2.75, 3.05) is 26.2 Å². The molecule has 0 spiro atoms. The zero-order chi connectivity index (χ0) is 26.2. The number of aromatic nitrogens is 1. The summed E-state index contributed by atoms with van der Waals surface area (Å²) in [5.41, 5.74) is 7.13. The van der Waals surface area contributed by atoms with Gasteiger partial charge in [0.25, 0.3) is 0 Å². The van der Waals surface area contributed by atoms with Crippen molar-refractivity contribution < 1.29 is 14.4 Å². The lowest BCUT2D eigenvalue weighted by molar-refractivity contribution is 0.0655. The summed E-state index contributed by atoms with van der Waals surface area (Å²) in [6.45, 7) is 4.57. The molecule has 1 aromatic heterocycles. The van der Waals surface area contributed by atoms with Crippen LogP contribution in [0.25, 0.3) is 17.7 Å². The highest BCUT2D eigenvalue weighted by Crippen LogP contribution is 2.32. The number of para-hydroxylation sites is 1. The Bertz CT molecular complexity index is 1320. The van der Waals surface area contributed by atoms with E-state index in [1.807, 2.05) is 49.4 Å². The van der Waals surface area contributed by atoms with Gasteiger partial charge in [0.05, 0.1) is 5.69 Å². The Morgan fingerprint density at radius 3 is 2.18 bits per heavy atom. The summed E-state index contributed by atoms with van der Waals surface area (Å²) in [6, 6.07) is 31.0. The van der Waals surface area contributed by atoms with Crippen LogP contribution in [0.5, 0.6) is 5.75 Å². The zero-order valence-corrected chi connectivity index (χ0v) is 21.8. The topological polar surface area (TPSA) is 58.7 Å². The van der Waals surface area contributed by atoms with E-state index in [9.17, 15) is 5.11 Å². The number of benzene rings is 3. The first kappa shape index (κ1) is 25.7. The first-order valence-corrected chi connectivity index (χ1v) is 13.2. The van der Waals surface area contributed by atoms with Crippen molar-refractivity contribution >= 4 is 17.7 Å². The smallest absolute Gasteiger partial charge is 0.159 e. The van der Waals surface area contributed by atoms with Gasteiger partial charge < -0.3 is 14.4 Å². The quantitative estimate of drug-likeness (QED) is 0.281. The first-order chi connectivity index (χ1) is 18.7. The van der Waals surface area contributed by atoms with Gasteiger partial charge >= 0.3 is 0 Å². The third kappa shape index (κ3) is 6.68. The Kier molecular flexibility index (Phi) is 8.49. The van der Waals surface area contributed by atoms with E-state index in [2.05, 4.69) is 70.7 Å². The summed E-state index contributed by atoms with van der Waals surface area (Å²) in [5.74, 6) is 1.43. The van der Waals surface area contributed by atoms with Crippen LogP contribution < -0.4 is 4.74 Å². The van der Waals surface area contributed by atoms with E-state index in [0.29, 0.717) is 12.3 Å². The fourth-order valence-corrected chi connectivity index (χ4v) is 4.96. The van der Waals surface area contributed by atoms with Gasteiger partial charge in [-0.2, -0.15) is 0 Å². The van der Waals surface area contributed by atoms with Crippen molar-refractivity contribution in [2.45, 2.75) is 25.9 Å². The molecule has 0 aliphatic carbocycles. The molecule has 0 bridgehead atoms. The SMILES string of the molecule is Cc1cc(/C=C/c2ccccc2OCC(O)CN2CCC(=C(c3ccccc3)c3ccccc3)CC2)on1. The number of aliphatic hydroxyl groups excluding tert-OH is 1. The Balaban J connectivity index is 1.18. The maximum absolute atomic E-state index is 10.8. The number of rotatable bonds is 9. The van der Waals surface area contributed by atoms with Crippen LogP contribution in [0.4, 0.5) is 0 Å². The van der Waals surface area contributed by atoms with Crippen LogP contribution in [0.15, 0.2) is 101 Å². The van der Waals surface area contributed by atoms with Gasteiger partial charge in [-0.15, -0.1) is 0 Å². The van der Waals surface area contributed by atoms with Crippen LogP contribution in [-0.4, -0.2) is 47.5 Å². The Hall–Kier alpha value is -3.93. The normalized spacial score (nSPS) is 15.1. The Morgan fingerprint density at radius 2 is 1.55 bits per heavy atom. The van der Waals surface area contributed by atoms with Crippen LogP contribution in [0.1, 0.15) is 41.0 Å². The Labute approximate surface area is 224 Å². The van der Waals surface area contributed by atoms with E-state index in [1.165, 1.54) is 22.3 Å². The van der Waals surface area contributed by atoms with E-state index in [4.69, 9.17) is 9.26 Å². The highest BCUT2D eigenvalue weighted by Gasteiger charge is 2.21. The van der Waals surface area contributed by atoms with Crippen LogP contribution in [0.3, 0.4) is 0 Å². The fraction of sp³-hybridized carbons (Fsp3) is 0.242. The molecule has 1 N–H and O–H groups in total. The maximum atomic E-state index is 10.8. The summed E-state index contributed by atoms with van der Waals surface area (Å²) in [5, 5.41) is 14.7. The van der Waals surface area contributed by atoms with E-state index >= 15 is 0 Å². The molecule has 1 atom stereocenters. The third-order valence-electron chi connectivity index (χ3n) is 6.83. The molecular formula is C33H34N2O3. The van der Waals surface area contributed by atoms with Gasteiger partial charge in [-0.25, -0.2) is 0 Å². The lowest BCUT2D eigenvalue weighted by Crippen LogP contribution is -2.39. The second-order valence-corrected chi connectivity index (χ2v) is 9.72. The summed E-state index contributed by atoms with van der Waals surface area (Å²) in [6.07, 6.45) is 5.22. The number of hydrogen-bond donors (Lipinski definition) is 1. The number of likely N-dealkylation sites (tertiary alicyclic amines) is 1. The highest BCUT2D eigenvalue weighted by atomic mass is 16.5. The predicted octanol–water partition coefficient (Wildman–Crippen LogP) is 6.49. The average Bonchev–Trinajstić information content (AvgIpc) is 3.38. The predicted molar refractivity (Wildman–Crippen MR) is 153 cm³/mol. The van der Waals surface area contributed by atoms with Gasteiger partial charge in [0.1, 0.15) is 18.5 Å². The van der Waals surface area contributed by atoms with E-state index < -0.39 is 6.10 Å². The monoisotopic (exact) mass is 506 g/mol. The fourth-order valence-electron chi connectivity index (χ4n) is 4.96. The molecule has 5 rings (SSSR count). The molecule has 1 fully saturated rings. The van der Waals surface area contributed by atoms with Crippen LogP contribution in [0, 0.1) is 6.92 Å². The van der Waals surface area contributed by atoms with Gasteiger partial charge in [-0.05, 0) is 54.7 Å². The molecule has 0 saturated carbocycles. The maximum Gasteiger partial charge on any atom is 0.159 e. The third-order valence-corrected chi connectivity index (χ3v) is 6.83. The summed E-state index contributed by atoms with van der Waals surface area (Å²) < 4.78 is 11.3. The molecule has 5 heteroatoms. The minimum absolute atomic E-state index is 0.241. The molecular weight excluding hydrogens is 472 g/mol. The molecule has 2 heterocycles. The number of piperidine rings is 1. The molecule has 1 unspecified atom stereocenters. The molecule has 1 aliphatic rings. The molecule has 0 radical (unpaired) electrons. The zero-order valence-electron chi connectivity index (χ0n) is 21.8. The number of aliphatic hydroxyl groups is 1. The van der Waals surface area contributed by atoms with Crippen molar-refractivity contribution in [2.24, 2.45) is 0 Å². The number of hydrogen-bond acceptors (Lipinski definition) is 5. The van der Waals surface area contributed by atoms with Gasteiger partial charge in [0, 0.05) is 31.3 Å². The van der Waals surface area contributed by atoms with E-state index in [1.54, 1.807) is 0 Å². The van der Waals surface area contributed by atoms with Crippen LogP contribution in [0.2, 0.25) is 0 Å². The summed E-state index contributed by atoms with van der Waals surface area (Å²) in [7, 11) is 0. The number of β-amino-alcohol motifs (C(OH)–C–C–N with tert-alkyl or cyclic N) is 1. The Morgan fingerprint density at radius 1 is 0.921 bits per heavy atom. The van der Waals surface area contributed by atoms with Gasteiger partial charge in [0.15, 0.2) is 5.76 Å². The molecule has 3 aromatic carbocycles. The van der Waals surface area contributed by atoms with E-state index in [-0.39, 0.29) is 6.61 Å². The minimum atomic E-state index is -0.572. The van der Waals surface area contributed by atoms with Gasteiger partial charge in [-0.1, -0.05) is 89.6 Å². The van der Waals surface area contributed by atoms with E-state index in [0.717, 1.165) is 42.9 Å². The standard InChI is InChI=1S/C33H34N2O3/c1-25-22-31(38-34-25)17-16-26-10-8-9-15-32(26)37-24-30(36)23-35-20-18-29(19-21-35)33(27-11-4-2-5-12-27)28-13-6-3-7-14-28/h2-17,22,30,36H,18-21,23-24H2,1H3/b17-16+. The highest BCUT2D eigenvalue weighted by molar-refractivity contribution is 5.82. The van der Waals surface area contributed by atoms with Crippen molar-refractivity contribution in [1.29, 1.82) is 0 Å². The molecule has 1 aliphatic heterocycles. The largest absolute Gasteiger partial charge is 0.490 e. The van der Waals surface area contributed by atoms with Crippen molar-refractivity contribution in [3.8, 4) is 5.75 Å². The summed E-state index contributed by atoms with van der Waals surface area (Å²) in [4.78, 5) is 2.34. The molecule has 5 nitrogen and oxygen atoms in total. The van der Waals surface area contributed by atoms with Crippen molar-refractivity contribution in [1.82, 2.24) is 10.1 Å². The molecule has 194 valence electrons. The minimum Gasteiger partial charge on any atom is -0.490 e. The number of aryl methyl sites for hydroxylation is 1. The van der Waals surface area contributed by atoms with Gasteiger partial charge in [-0.3, -0.25) is 4.90 Å². The van der Waals surface area contributed by atoms with Crippen LogP contribution in [-0.2, 0) is 0 Å². The molecule has 1 saturated heterocycles. The first-order valence-electron chi connectivity index (χ1n) is 13.2. The summed E-state index contributed by atoms with van der Waals surface area (Å²) >= 11 is 0. The number of nitrogens with zero attached hydrogens (tertiary/aromatic N) is 2. The molecule has 4 aromatic rings. The molecule has 38 heavy (non-hydrogen) atoms. The lowest BCUT2D eigenvalue weighted by Gasteiger charge is -2.31. The van der Waals surface area contributed by atoms with Crippen molar-refractivity contribution in [3.05, 3.63) is 125 Å². The van der Waals surface area contributed by atoms with Crippen LogP contribution >= 0.6 is 0 Å². The lowest BCUT2D eigenvalue weighted by atomic mass is 9.88. The van der Waals surface area contributed by atoms with Gasteiger partial charge in [0.2, 0.25) is 0 Å².